The molecule has 1 rings (SSSR count). The number of nitrogens with one attached hydrogen (secondary N) is 1. The van der Waals surface area contributed by atoms with Gasteiger partial charge in [-0.2, -0.15) is 0 Å². The lowest BCUT2D eigenvalue weighted by molar-refractivity contribution is 0.579. The van der Waals surface area contributed by atoms with E-state index in [1.54, 1.807) is 17.7 Å². The van der Waals surface area contributed by atoms with Gasteiger partial charge in [0, 0.05) is 19.8 Å². The second-order valence-corrected chi connectivity index (χ2v) is 4.57. The molecule has 0 atom stereocenters. The van der Waals surface area contributed by atoms with Gasteiger partial charge in [0.05, 0.1) is 6.33 Å². The molecule has 1 aromatic heterocycles. The zero-order valence-electron chi connectivity index (χ0n) is 7.97. The van der Waals surface area contributed by atoms with E-state index in [4.69, 9.17) is 0 Å². The van der Waals surface area contributed by atoms with Crippen molar-refractivity contribution in [1.82, 2.24) is 14.3 Å². The second kappa shape index (κ2) is 4.39. The molecule has 0 spiro atoms. The fourth-order valence-corrected chi connectivity index (χ4v) is 1.92. The fraction of sp³-hybridized carbons (Fsp3) is 0.375. The number of aryl methyl sites for hydroxylation is 1. The zero-order valence-corrected chi connectivity index (χ0v) is 8.79. The van der Waals surface area contributed by atoms with Crippen molar-refractivity contribution in [1.29, 1.82) is 0 Å². The Morgan fingerprint density at radius 2 is 2.43 bits per heavy atom. The Hall–Kier alpha value is -1.14. The van der Waals surface area contributed by atoms with Crippen molar-refractivity contribution >= 4 is 10.0 Å². The molecule has 0 aromatic carbocycles. The van der Waals surface area contributed by atoms with Crippen molar-refractivity contribution in [3.63, 3.8) is 0 Å². The molecule has 1 heterocycles. The molecule has 0 saturated heterocycles. The minimum absolute atomic E-state index is 0.0454. The molecule has 0 aliphatic carbocycles. The third kappa shape index (κ3) is 2.68. The van der Waals surface area contributed by atoms with Gasteiger partial charge in [-0.1, -0.05) is 6.08 Å². The molecule has 0 unspecified atom stereocenters. The quantitative estimate of drug-likeness (QED) is 0.566. The van der Waals surface area contributed by atoms with Crippen LogP contribution in [0, 0.1) is 0 Å². The molecule has 78 valence electrons. The minimum Gasteiger partial charge on any atom is -0.339 e. The molecule has 0 fully saturated rings. The Kier molecular flexibility index (Phi) is 3.43. The maximum absolute atomic E-state index is 11.5. The van der Waals surface area contributed by atoms with Crippen molar-refractivity contribution in [3.05, 3.63) is 25.2 Å². The molecule has 0 bridgehead atoms. The van der Waals surface area contributed by atoms with Gasteiger partial charge in [-0.3, -0.25) is 0 Å². The van der Waals surface area contributed by atoms with Gasteiger partial charge < -0.3 is 4.57 Å². The topological polar surface area (TPSA) is 64.0 Å². The van der Waals surface area contributed by atoms with E-state index in [2.05, 4.69) is 16.3 Å². The molecular formula is C8H13N3O2S. The Morgan fingerprint density at radius 3 is 2.93 bits per heavy atom. The van der Waals surface area contributed by atoms with E-state index in [-0.39, 0.29) is 5.03 Å². The number of hydrogen-bond acceptors (Lipinski definition) is 3. The summed E-state index contributed by atoms with van der Waals surface area (Å²) in [7, 11) is -1.72. The first kappa shape index (κ1) is 10.9. The lowest BCUT2D eigenvalue weighted by atomic mass is 10.4. The van der Waals surface area contributed by atoms with Crippen LogP contribution in [0.25, 0.3) is 0 Å². The maximum Gasteiger partial charge on any atom is 0.259 e. The molecule has 0 radical (unpaired) electrons. The normalized spacial score (nSPS) is 11.5. The van der Waals surface area contributed by atoms with Gasteiger partial charge in [-0.15, -0.1) is 6.58 Å². The minimum atomic E-state index is -3.44. The van der Waals surface area contributed by atoms with Crippen LogP contribution in [0.5, 0.6) is 0 Å². The fourth-order valence-electron chi connectivity index (χ4n) is 0.897. The van der Waals surface area contributed by atoms with Gasteiger partial charge in [-0.05, 0) is 6.42 Å². The van der Waals surface area contributed by atoms with E-state index >= 15 is 0 Å². The molecular weight excluding hydrogens is 202 g/mol. The van der Waals surface area contributed by atoms with Crippen LogP contribution in [0.1, 0.15) is 6.42 Å². The van der Waals surface area contributed by atoms with Crippen molar-refractivity contribution in [3.8, 4) is 0 Å². The van der Waals surface area contributed by atoms with Crippen LogP contribution in [-0.4, -0.2) is 24.5 Å². The van der Waals surface area contributed by atoms with Crippen LogP contribution in [0.15, 0.2) is 30.2 Å². The van der Waals surface area contributed by atoms with Crippen LogP contribution < -0.4 is 4.72 Å². The van der Waals surface area contributed by atoms with Crippen molar-refractivity contribution in [2.45, 2.75) is 11.4 Å². The standard InChI is InChI=1S/C8H13N3O2S/c1-3-4-5-10-14(12,13)8-6-11(2)7-9-8/h3,6-7,10H,1,4-5H2,2H3. The molecule has 0 aliphatic rings. The van der Waals surface area contributed by atoms with Gasteiger partial charge >= 0.3 is 0 Å². The number of imidazole rings is 1. The SMILES string of the molecule is C=CCCNS(=O)(=O)c1cn(C)cn1. The van der Waals surface area contributed by atoms with E-state index in [0.717, 1.165) is 0 Å². The number of rotatable bonds is 5. The van der Waals surface area contributed by atoms with E-state index in [1.807, 2.05) is 0 Å². The van der Waals surface area contributed by atoms with E-state index in [9.17, 15) is 8.42 Å². The molecule has 0 aliphatic heterocycles. The first-order chi connectivity index (χ1) is 6.56. The average molecular weight is 215 g/mol. The lowest BCUT2D eigenvalue weighted by Gasteiger charge is -2.00. The highest BCUT2D eigenvalue weighted by Crippen LogP contribution is 2.03. The summed E-state index contributed by atoms with van der Waals surface area (Å²) in [4.78, 5) is 3.75. The summed E-state index contributed by atoms with van der Waals surface area (Å²) in [6.45, 7) is 3.85. The predicted octanol–water partition coefficient (Wildman–Crippen LogP) is 0.274. The maximum atomic E-state index is 11.5. The summed E-state index contributed by atoms with van der Waals surface area (Å²) >= 11 is 0. The third-order valence-electron chi connectivity index (χ3n) is 1.60. The molecule has 0 amide bonds. The zero-order chi connectivity index (χ0) is 10.6. The van der Waals surface area contributed by atoms with Gasteiger partial charge in [0.15, 0.2) is 5.03 Å². The van der Waals surface area contributed by atoms with Crippen molar-refractivity contribution in [2.24, 2.45) is 7.05 Å². The van der Waals surface area contributed by atoms with Gasteiger partial charge in [-0.25, -0.2) is 18.1 Å². The van der Waals surface area contributed by atoms with Gasteiger partial charge in [0.1, 0.15) is 0 Å². The van der Waals surface area contributed by atoms with Crippen LogP contribution >= 0.6 is 0 Å². The second-order valence-electron chi connectivity index (χ2n) is 2.85. The van der Waals surface area contributed by atoms with Gasteiger partial charge in [0.2, 0.25) is 0 Å². The smallest absolute Gasteiger partial charge is 0.259 e. The highest BCUT2D eigenvalue weighted by Gasteiger charge is 2.15. The Balaban J connectivity index is 2.71. The summed E-state index contributed by atoms with van der Waals surface area (Å²) in [5, 5.41) is 0.0454. The highest BCUT2D eigenvalue weighted by molar-refractivity contribution is 7.89. The van der Waals surface area contributed by atoms with E-state index in [0.29, 0.717) is 13.0 Å². The summed E-state index contributed by atoms with van der Waals surface area (Å²) in [5.41, 5.74) is 0. The molecule has 6 heteroatoms. The Bertz CT molecular complexity index is 408. The number of aromatic nitrogens is 2. The summed E-state index contributed by atoms with van der Waals surface area (Å²) < 4.78 is 27.0. The third-order valence-corrected chi connectivity index (χ3v) is 2.94. The van der Waals surface area contributed by atoms with Crippen molar-refractivity contribution < 1.29 is 8.42 Å². The van der Waals surface area contributed by atoms with Crippen LogP contribution in [-0.2, 0) is 17.1 Å². The summed E-state index contributed by atoms with van der Waals surface area (Å²) in [6, 6.07) is 0. The number of hydrogen-bond donors (Lipinski definition) is 1. The van der Waals surface area contributed by atoms with Crippen LogP contribution in [0.4, 0.5) is 0 Å². The number of nitrogens with zero attached hydrogens (tertiary/aromatic N) is 2. The van der Waals surface area contributed by atoms with Gasteiger partial charge in [0.25, 0.3) is 10.0 Å². The molecule has 1 N–H and O–H groups in total. The van der Waals surface area contributed by atoms with Crippen LogP contribution in [0.2, 0.25) is 0 Å². The summed E-state index contributed by atoms with van der Waals surface area (Å²) in [6.07, 6.45) is 5.16. The highest BCUT2D eigenvalue weighted by atomic mass is 32.2. The number of sulfonamides is 1. The monoisotopic (exact) mass is 215 g/mol. The van der Waals surface area contributed by atoms with E-state index in [1.165, 1.54) is 12.5 Å². The predicted molar refractivity (Wildman–Crippen MR) is 53.2 cm³/mol. The Morgan fingerprint density at radius 1 is 1.71 bits per heavy atom. The van der Waals surface area contributed by atoms with Crippen molar-refractivity contribution in [2.75, 3.05) is 6.54 Å². The molecule has 1 aromatic rings. The largest absolute Gasteiger partial charge is 0.339 e. The lowest BCUT2D eigenvalue weighted by Crippen LogP contribution is -2.24. The summed E-state index contributed by atoms with van der Waals surface area (Å²) in [5.74, 6) is 0. The van der Waals surface area contributed by atoms with Crippen LogP contribution in [0.3, 0.4) is 0 Å². The molecule has 0 saturated carbocycles. The molecule has 5 nitrogen and oxygen atoms in total. The average Bonchev–Trinajstić information content (AvgIpc) is 2.53. The Labute approximate surface area is 83.5 Å². The first-order valence-electron chi connectivity index (χ1n) is 4.15. The first-order valence-corrected chi connectivity index (χ1v) is 5.63. The van der Waals surface area contributed by atoms with E-state index < -0.39 is 10.0 Å². The molecule has 14 heavy (non-hydrogen) atoms.